The predicted molar refractivity (Wildman–Crippen MR) is 63.7 cm³/mol. The highest BCUT2D eigenvalue weighted by molar-refractivity contribution is 9.10. The number of ether oxygens (including phenoxy) is 1. The molecule has 0 radical (unpaired) electrons. The number of hydrogen-bond donors (Lipinski definition) is 2. The summed E-state index contributed by atoms with van der Waals surface area (Å²) >= 11 is 3.50. The minimum absolute atomic E-state index is 0.382. The molecule has 2 rings (SSSR count). The minimum atomic E-state index is 0.382. The van der Waals surface area contributed by atoms with E-state index in [-0.39, 0.29) is 0 Å². The van der Waals surface area contributed by atoms with E-state index in [4.69, 9.17) is 4.74 Å². The quantitative estimate of drug-likeness (QED) is 0.865. The SMILES string of the molecule is COc1ccc(C2NNCC2C)cc1Br. The molecule has 0 bridgehead atoms. The molecule has 1 aromatic rings. The third-order valence-corrected chi connectivity index (χ3v) is 3.41. The van der Waals surface area contributed by atoms with Gasteiger partial charge in [-0.15, -0.1) is 0 Å². The number of benzene rings is 1. The van der Waals surface area contributed by atoms with Gasteiger partial charge < -0.3 is 4.74 Å². The fourth-order valence-electron chi connectivity index (χ4n) is 1.88. The Morgan fingerprint density at radius 2 is 2.27 bits per heavy atom. The van der Waals surface area contributed by atoms with Crippen LogP contribution in [0.25, 0.3) is 0 Å². The molecular formula is C11H15BrN2O. The lowest BCUT2D eigenvalue weighted by Crippen LogP contribution is -2.24. The van der Waals surface area contributed by atoms with Crippen LogP contribution >= 0.6 is 15.9 Å². The zero-order chi connectivity index (χ0) is 10.8. The Balaban J connectivity index is 2.25. The van der Waals surface area contributed by atoms with Crippen LogP contribution in [0.4, 0.5) is 0 Å². The molecule has 15 heavy (non-hydrogen) atoms. The highest BCUT2D eigenvalue weighted by Gasteiger charge is 2.24. The first-order valence-electron chi connectivity index (χ1n) is 5.04. The zero-order valence-corrected chi connectivity index (χ0v) is 10.5. The van der Waals surface area contributed by atoms with Crippen LogP contribution in [0.15, 0.2) is 22.7 Å². The van der Waals surface area contributed by atoms with E-state index in [2.05, 4.69) is 45.8 Å². The van der Waals surface area contributed by atoms with E-state index in [1.165, 1.54) is 5.56 Å². The average molecular weight is 271 g/mol. The second-order valence-corrected chi connectivity index (χ2v) is 4.73. The molecule has 0 aromatic heterocycles. The monoisotopic (exact) mass is 270 g/mol. The van der Waals surface area contributed by atoms with Crippen LogP contribution in [-0.2, 0) is 0 Å². The molecule has 1 saturated heterocycles. The molecule has 1 aliphatic heterocycles. The van der Waals surface area contributed by atoms with E-state index >= 15 is 0 Å². The molecule has 82 valence electrons. The largest absolute Gasteiger partial charge is 0.496 e. The normalized spacial score (nSPS) is 25.5. The van der Waals surface area contributed by atoms with Gasteiger partial charge in [0.1, 0.15) is 5.75 Å². The maximum atomic E-state index is 5.21. The lowest BCUT2D eigenvalue weighted by molar-refractivity contribution is 0.411. The third-order valence-electron chi connectivity index (χ3n) is 2.79. The highest BCUT2D eigenvalue weighted by Crippen LogP contribution is 2.31. The molecule has 0 saturated carbocycles. The lowest BCUT2D eigenvalue weighted by Gasteiger charge is -2.16. The van der Waals surface area contributed by atoms with Crippen molar-refractivity contribution in [1.82, 2.24) is 10.9 Å². The molecule has 3 nitrogen and oxygen atoms in total. The maximum Gasteiger partial charge on any atom is 0.133 e. The van der Waals surface area contributed by atoms with Crippen molar-refractivity contribution in [2.24, 2.45) is 5.92 Å². The first kappa shape index (κ1) is 10.9. The molecule has 2 N–H and O–H groups in total. The van der Waals surface area contributed by atoms with Gasteiger partial charge in [-0.3, -0.25) is 10.9 Å². The second kappa shape index (κ2) is 4.51. The topological polar surface area (TPSA) is 33.3 Å². The fraction of sp³-hybridized carbons (Fsp3) is 0.455. The summed E-state index contributed by atoms with van der Waals surface area (Å²) in [4.78, 5) is 0. The van der Waals surface area contributed by atoms with Crippen LogP contribution in [0.1, 0.15) is 18.5 Å². The number of methoxy groups -OCH3 is 1. The summed E-state index contributed by atoms with van der Waals surface area (Å²) in [6.07, 6.45) is 0. The summed E-state index contributed by atoms with van der Waals surface area (Å²) in [6.45, 7) is 3.24. The van der Waals surface area contributed by atoms with Gasteiger partial charge in [0.15, 0.2) is 0 Å². The molecule has 0 spiro atoms. The molecule has 1 aromatic carbocycles. The summed E-state index contributed by atoms with van der Waals surface area (Å²) in [5.74, 6) is 1.47. The smallest absolute Gasteiger partial charge is 0.133 e. The maximum absolute atomic E-state index is 5.21. The van der Waals surface area contributed by atoms with E-state index < -0.39 is 0 Å². The van der Waals surface area contributed by atoms with Crippen molar-refractivity contribution in [3.8, 4) is 5.75 Å². The van der Waals surface area contributed by atoms with Gasteiger partial charge in [-0.2, -0.15) is 0 Å². The Morgan fingerprint density at radius 1 is 1.47 bits per heavy atom. The number of hydrogen-bond acceptors (Lipinski definition) is 3. The van der Waals surface area contributed by atoms with Crippen LogP contribution in [0.5, 0.6) is 5.75 Å². The van der Waals surface area contributed by atoms with Crippen molar-refractivity contribution in [2.45, 2.75) is 13.0 Å². The fourth-order valence-corrected chi connectivity index (χ4v) is 2.44. The molecule has 0 aliphatic carbocycles. The predicted octanol–water partition coefficient (Wildman–Crippen LogP) is 2.24. The molecule has 2 unspecified atom stereocenters. The molecule has 1 heterocycles. The van der Waals surface area contributed by atoms with Crippen molar-refractivity contribution >= 4 is 15.9 Å². The number of hydrazine groups is 1. The first-order valence-corrected chi connectivity index (χ1v) is 5.83. The first-order chi connectivity index (χ1) is 7.22. The number of halogens is 1. The van der Waals surface area contributed by atoms with Gasteiger partial charge in [0.2, 0.25) is 0 Å². The van der Waals surface area contributed by atoms with Gasteiger partial charge in [0, 0.05) is 6.54 Å². The molecule has 0 amide bonds. The Hall–Kier alpha value is -0.580. The lowest BCUT2D eigenvalue weighted by atomic mass is 9.97. The van der Waals surface area contributed by atoms with Gasteiger partial charge >= 0.3 is 0 Å². The summed E-state index contributed by atoms with van der Waals surface area (Å²) < 4.78 is 6.21. The number of nitrogens with one attached hydrogen (secondary N) is 2. The van der Waals surface area contributed by atoms with Crippen LogP contribution in [0.2, 0.25) is 0 Å². The Kier molecular flexibility index (Phi) is 3.29. The van der Waals surface area contributed by atoms with Crippen molar-refractivity contribution < 1.29 is 4.74 Å². The van der Waals surface area contributed by atoms with E-state index in [0.29, 0.717) is 12.0 Å². The van der Waals surface area contributed by atoms with E-state index in [1.807, 2.05) is 6.07 Å². The zero-order valence-electron chi connectivity index (χ0n) is 8.88. The molecular weight excluding hydrogens is 256 g/mol. The highest BCUT2D eigenvalue weighted by atomic mass is 79.9. The Morgan fingerprint density at radius 3 is 2.80 bits per heavy atom. The van der Waals surface area contributed by atoms with Crippen molar-refractivity contribution in [2.75, 3.05) is 13.7 Å². The number of rotatable bonds is 2. The third kappa shape index (κ3) is 2.17. The van der Waals surface area contributed by atoms with Gasteiger partial charge in [0.05, 0.1) is 17.6 Å². The van der Waals surface area contributed by atoms with Gasteiger partial charge in [0.25, 0.3) is 0 Å². The molecule has 1 aliphatic rings. The standard InChI is InChI=1S/C11H15BrN2O/c1-7-6-13-14-11(7)8-3-4-10(15-2)9(12)5-8/h3-5,7,11,13-14H,6H2,1-2H3. The minimum Gasteiger partial charge on any atom is -0.496 e. The molecule has 1 fully saturated rings. The summed E-state index contributed by atoms with van der Waals surface area (Å²) in [7, 11) is 1.68. The van der Waals surface area contributed by atoms with Gasteiger partial charge in [-0.1, -0.05) is 13.0 Å². The van der Waals surface area contributed by atoms with Crippen molar-refractivity contribution in [1.29, 1.82) is 0 Å². The van der Waals surface area contributed by atoms with Crippen LogP contribution < -0.4 is 15.6 Å². The van der Waals surface area contributed by atoms with E-state index in [9.17, 15) is 0 Å². The van der Waals surface area contributed by atoms with Crippen LogP contribution in [0.3, 0.4) is 0 Å². The molecule has 2 atom stereocenters. The van der Waals surface area contributed by atoms with E-state index in [0.717, 1.165) is 16.8 Å². The van der Waals surface area contributed by atoms with Gasteiger partial charge in [-0.25, -0.2) is 0 Å². The summed E-state index contributed by atoms with van der Waals surface area (Å²) in [5.41, 5.74) is 7.73. The summed E-state index contributed by atoms with van der Waals surface area (Å²) in [5, 5.41) is 0. The average Bonchev–Trinajstić information content (AvgIpc) is 2.64. The van der Waals surface area contributed by atoms with Crippen molar-refractivity contribution in [3.63, 3.8) is 0 Å². The Bertz CT molecular complexity index is 356. The van der Waals surface area contributed by atoms with Crippen LogP contribution in [0, 0.1) is 5.92 Å². The van der Waals surface area contributed by atoms with Crippen LogP contribution in [-0.4, -0.2) is 13.7 Å². The van der Waals surface area contributed by atoms with Crippen molar-refractivity contribution in [3.05, 3.63) is 28.2 Å². The van der Waals surface area contributed by atoms with Gasteiger partial charge in [-0.05, 0) is 39.5 Å². The van der Waals surface area contributed by atoms with E-state index in [1.54, 1.807) is 7.11 Å². The summed E-state index contributed by atoms with van der Waals surface area (Å²) in [6, 6.07) is 6.59. The second-order valence-electron chi connectivity index (χ2n) is 3.87. The Labute approximate surface area is 98.3 Å². The molecule has 4 heteroatoms.